The number of likely N-dealkylation sites (tertiary alicyclic amines) is 1. The SMILES string of the molecule is O=C1CC(Nn2cccc2)C(=O)N1C1CC1. The molecule has 1 saturated heterocycles. The highest BCUT2D eigenvalue weighted by atomic mass is 16.2. The number of carbonyl (C=O) groups is 2. The second-order valence-corrected chi connectivity index (χ2v) is 4.31. The predicted octanol–water partition coefficient (Wildman–Crippen LogP) is 0.321. The first-order chi connectivity index (χ1) is 7.75. The number of hydrogen-bond donors (Lipinski definition) is 1. The lowest BCUT2D eigenvalue weighted by molar-refractivity contribution is -0.139. The van der Waals surface area contributed by atoms with Crippen molar-refractivity contribution in [3.05, 3.63) is 24.5 Å². The molecule has 0 radical (unpaired) electrons. The average Bonchev–Trinajstić information content (AvgIpc) is 2.86. The van der Waals surface area contributed by atoms with Crippen molar-refractivity contribution in [2.75, 3.05) is 5.43 Å². The summed E-state index contributed by atoms with van der Waals surface area (Å²) in [5.74, 6) is -0.127. The van der Waals surface area contributed by atoms with E-state index in [0.717, 1.165) is 12.8 Å². The summed E-state index contributed by atoms with van der Waals surface area (Å²) in [6, 6.07) is 3.51. The maximum Gasteiger partial charge on any atom is 0.254 e. The van der Waals surface area contributed by atoms with Crippen LogP contribution in [0.4, 0.5) is 0 Å². The molecule has 0 spiro atoms. The summed E-state index contributed by atoms with van der Waals surface area (Å²) in [4.78, 5) is 25.0. The molecular weight excluding hydrogens is 206 g/mol. The van der Waals surface area contributed by atoms with E-state index in [0.29, 0.717) is 0 Å². The summed E-state index contributed by atoms with van der Waals surface area (Å²) in [5.41, 5.74) is 3.02. The lowest BCUT2D eigenvalue weighted by Gasteiger charge is -2.15. The van der Waals surface area contributed by atoms with E-state index >= 15 is 0 Å². The number of aromatic nitrogens is 1. The molecule has 0 bridgehead atoms. The van der Waals surface area contributed by atoms with Crippen molar-refractivity contribution in [1.82, 2.24) is 9.58 Å². The summed E-state index contributed by atoms with van der Waals surface area (Å²) in [6.45, 7) is 0. The van der Waals surface area contributed by atoms with Crippen LogP contribution in [0, 0.1) is 0 Å². The second kappa shape index (κ2) is 3.37. The molecular formula is C11H13N3O2. The van der Waals surface area contributed by atoms with Crippen molar-refractivity contribution in [2.24, 2.45) is 0 Å². The van der Waals surface area contributed by atoms with E-state index in [-0.39, 0.29) is 24.3 Å². The smallest absolute Gasteiger partial charge is 0.254 e. The molecule has 2 aliphatic rings. The maximum atomic E-state index is 12.0. The Morgan fingerprint density at radius 3 is 2.50 bits per heavy atom. The lowest BCUT2D eigenvalue weighted by atomic mass is 10.3. The molecule has 2 amide bonds. The van der Waals surface area contributed by atoms with E-state index in [1.165, 1.54) is 4.90 Å². The molecule has 3 rings (SSSR count). The van der Waals surface area contributed by atoms with Gasteiger partial charge in [-0.3, -0.25) is 19.2 Å². The van der Waals surface area contributed by atoms with Crippen LogP contribution in [0.2, 0.25) is 0 Å². The normalized spacial score (nSPS) is 25.2. The van der Waals surface area contributed by atoms with Gasteiger partial charge in [0.05, 0.1) is 6.42 Å². The zero-order chi connectivity index (χ0) is 11.1. The average molecular weight is 219 g/mol. The zero-order valence-corrected chi connectivity index (χ0v) is 8.80. The number of nitrogens with zero attached hydrogens (tertiary/aromatic N) is 2. The fourth-order valence-electron chi connectivity index (χ4n) is 2.07. The minimum atomic E-state index is -0.402. The minimum absolute atomic E-state index is 0.0443. The first kappa shape index (κ1) is 9.45. The first-order valence-electron chi connectivity index (χ1n) is 5.51. The Morgan fingerprint density at radius 1 is 1.19 bits per heavy atom. The van der Waals surface area contributed by atoms with Crippen LogP contribution in [0.1, 0.15) is 19.3 Å². The van der Waals surface area contributed by atoms with Gasteiger partial charge in [-0.05, 0) is 25.0 Å². The Kier molecular flexibility index (Phi) is 1.99. The fourth-order valence-corrected chi connectivity index (χ4v) is 2.07. The van der Waals surface area contributed by atoms with Crippen LogP contribution >= 0.6 is 0 Å². The summed E-state index contributed by atoms with van der Waals surface area (Å²) < 4.78 is 1.71. The molecule has 1 saturated carbocycles. The highest BCUT2D eigenvalue weighted by molar-refractivity contribution is 6.06. The molecule has 1 atom stereocenters. The third kappa shape index (κ3) is 1.48. The molecule has 5 nitrogen and oxygen atoms in total. The van der Waals surface area contributed by atoms with Gasteiger partial charge in [-0.2, -0.15) is 0 Å². The number of amides is 2. The van der Waals surface area contributed by atoms with Gasteiger partial charge in [-0.1, -0.05) is 0 Å². The number of imide groups is 1. The minimum Gasteiger partial charge on any atom is -0.313 e. The van der Waals surface area contributed by atoms with Gasteiger partial charge >= 0.3 is 0 Å². The lowest BCUT2D eigenvalue weighted by Crippen LogP contribution is -2.38. The van der Waals surface area contributed by atoms with E-state index in [9.17, 15) is 9.59 Å². The monoisotopic (exact) mass is 219 g/mol. The van der Waals surface area contributed by atoms with Gasteiger partial charge in [0.25, 0.3) is 5.91 Å². The standard InChI is InChI=1S/C11H13N3O2/c15-10-7-9(12-13-5-1-2-6-13)11(16)14(10)8-3-4-8/h1-2,5-6,8-9,12H,3-4,7H2. The van der Waals surface area contributed by atoms with E-state index in [4.69, 9.17) is 0 Å². The predicted molar refractivity (Wildman–Crippen MR) is 57.1 cm³/mol. The molecule has 0 aromatic carbocycles. The highest BCUT2D eigenvalue weighted by Gasteiger charge is 2.46. The van der Waals surface area contributed by atoms with Gasteiger partial charge in [0.1, 0.15) is 6.04 Å². The largest absolute Gasteiger partial charge is 0.313 e. The fraction of sp³-hybridized carbons (Fsp3) is 0.455. The van der Waals surface area contributed by atoms with Gasteiger partial charge in [0.2, 0.25) is 5.91 Å². The van der Waals surface area contributed by atoms with Gasteiger partial charge < -0.3 is 5.43 Å². The van der Waals surface area contributed by atoms with Crippen LogP contribution in [-0.4, -0.2) is 33.5 Å². The van der Waals surface area contributed by atoms with Crippen LogP contribution in [0.5, 0.6) is 0 Å². The Labute approximate surface area is 93.0 Å². The van der Waals surface area contributed by atoms with E-state index in [1.54, 1.807) is 4.68 Å². The van der Waals surface area contributed by atoms with Crippen LogP contribution in [0.3, 0.4) is 0 Å². The maximum absolute atomic E-state index is 12.0. The third-order valence-corrected chi connectivity index (χ3v) is 3.00. The Morgan fingerprint density at radius 2 is 1.88 bits per heavy atom. The molecule has 2 fully saturated rings. The quantitative estimate of drug-likeness (QED) is 0.745. The first-order valence-corrected chi connectivity index (χ1v) is 5.51. The Bertz CT molecular complexity index is 422. The van der Waals surface area contributed by atoms with Crippen LogP contribution in [0.25, 0.3) is 0 Å². The van der Waals surface area contributed by atoms with Crippen LogP contribution < -0.4 is 5.43 Å². The number of nitrogens with one attached hydrogen (secondary N) is 1. The summed E-state index contributed by atoms with van der Waals surface area (Å²) in [6.07, 6.45) is 5.84. The van der Waals surface area contributed by atoms with Crippen LogP contribution in [-0.2, 0) is 9.59 Å². The molecule has 1 aliphatic heterocycles. The van der Waals surface area contributed by atoms with E-state index in [2.05, 4.69) is 5.43 Å². The van der Waals surface area contributed by atoms with E-state index in [1.807, 2.05) is 24.5 Å². The summed E-state index contributed by atoms with van der Waals surface area (Å²) in [5, 5.41) is 0. The molecule has 1 aliphatic carbocycles. The Hall–Kier alpha value is -1.78. The van der Waals surface area contributed by atoms with E-state index < -0.39 is 6.04 Å². The van der Waals surface area contributed by atoms with Crippen molar-refractivity contribution in [1.29, 1.82) is 0 Å². The van der Waals surface area contributed by atoms with Gasteiger partial charge in [-0.15, -0.1) is 0 Å². The second-order valence-electron chi connectivity index (χ2n) is 4.31. The van der Waals surface area contributed by atoms with Crippen molar-refractivity contribution in [3.8, 4) is 0 Å². The van der Waals surface area contributed by atoms with Crippen molar-refractivity contribution < 1.29 is 9.59 Å². The summed E-state index contributed by atoms with van der Waals surface area (Å²) >= 11 is 0. The molecule has 16 heavy (non-hydrogen) atoms. The van der Waals surface area contributed by atoms with Gasteiger partial charge in [0, 0.05) is 18.4 Å². The number of carbonyl (C=O) groups excluding carboxylic acids is 2. The zero-order valence-electron chi connectivity index (χ0n) is 8.80. The molecule has 2 heterocycles. The van der Waals surface area contributed by atoms with Gasteiger partial charge in [0.15, 0.2) is 0 Å². The molecule has 1 N–H and O–H groups in total. The third-order valence-electron chi connectivity index (χ3n) is 3.00. The number of hydrogen-bond acceptors (Lipinski definition) is 3. The molecule has 84 valence electrons. The topological polar surface area (TPSA) is 54.3 Å². The molecule has 5 heteroatoms. The number of rotatable bonds is 3. The van der Waals surface area contributed by atoms with Gasteiger partial charge in [-0.25, -0.2) is 0 Å². The van der Waals surface area contributed by atoms with Crippen LogP contribution in [0.15, 0.2) is 24.5 Å². The molecule has 1 aromatic rings. The Balaban J connectivity index is 1.73. The molecule has 1 aromatic heterocycles. The highest BCUT2D eigenvalue weighted by Crippen LogP contribution is 2.31. The molecule has 1 unspecified atom stereocenters. The van der Waals surface area contributed by atoms with Crippen molar-refractivity contribution >= 4 is 11.8 Å². The van der Waals surface area contributed by atoms with Crippen molar-refractivity contribution in [3.63, 3.8) is 0 Å². The van der Waals surface area contributed by atoms with Crippen molar-refractivity contribution in [2.45, 2.75) is 31.3 Å². The summed E-state index contributed by atoms with van der Waals surface area (Å²) in [7, 11) is 0.